The number of nitrogens with one attached hydrogen (secondary N) is 2. The first-order valence-corrected chi connectivity index (χ1v) is 20.9. The van der Waals surface area contributed by atoms with Gasteiger partial charge in [0.05, 0.1) is 38.5 Å². The van der Waals surface area contributed by atoms with Crippen LogP contribution in [0.25, 0.3) is 0 Å². The van der Waals surface area contributed by atoms with Gasteiger partial charge in [0.1, 0.15) is 24.2 Å². The van der Waals surface area contributed by atoms with Gasteiger partial charge in [-0.25, -0.2) is 9.59 Å². The summed E-state index contributed by atoms with van der Waals surface area (Å²) in [5.74, 6) is -3.53. The number of ether oxygens (including phenoxy) is 3. The molecule has 8 atom stereocenters. The van der Waals surface area contributed by atoms with Crippen LogP contribution in [0.2, 0.25) is 0 Å². The maximum Gasteiger partial charge on any atom is 0.328 e. The maximum absolute atomic E-state index is 14.1. The molecule has 0 bridgehead atoms. The van der Waals surface area contributed by atoms with Crippen molar-refractivity contribution in [1.29, 1.82) is 0 Å². The second kappa shape index (κ2) is 19.7. The van der Waals surface area contributed by atoms with Crippen molar-refractivity contribution in [2.75, 3.05) is 32.8 Å². The normalized spacial score (nSPS) is 26.8. The van der Waals surface area contributed by atoms with Gasteiger partial charge in [-0.3, -0.25) is 24.0 Å². The number of rotatable bonds is 13. The summed E-state index contributed by atoms with van der Waals surface area (Å²) in [6.07, 6.45) is 5.11. The quantitative estimate of drug-likeness (QED) is 0.221. The molecule has 14 nitrogen and oxygen atoms in total. The molecule has 4 aliphatic rings. The van der Waals surface area contributed by atoms with E-state index in [0.717, 1.165) is 31.2 Å². The van der Waals surface area contributed by atoms with Gasteiger partial charge < -0.3 is 34.6 Å². The summed E-state index contributed by atoms with van der Waals surface area (Å²) in [5.41, 5.74) is 0.883. The lowest BCUT2D eigenvalue weighted by molar-refractivity contribution is -0.156. The highest BCUT2D eigenvalue weighted by atomic mass is 32.2. The number of thioether (sulfide) groups is 2. The Morgan fingerprint density at radius 3 is 1.65 bits per heavy atom. The van der Waals surface area contributed by atoms with Crippen LogP contribution in [0.3, 0.4) is 0 Å². The number of carbonyl (C=O) groups is 7. The highest BCUT2D eigenvalue weighted by Crippen LogP contribution is 2.36. The molecule has 296 valence electrons. The molecule has 8 unspecified atom stereocenters. The van der Waals surface area contributed by atoms with Crippen LogP contribution in [0.4, 0.5) is 0 Å². The zero-order valence-corrected chi connectivity index (χ0v) is 32.8. The molecule has 4 aliphatic heterocycles. The van der Waals surface area contributed by atoms with Crippen LogP contribution in [0, 0.1) is 11.8 Å². The first-order valence-electron chi connectivity index (χ1n) is 18.8. The number of amides is 4. The van der Waals surface area contributed by atoms with Crippen molar-refractivity contribution in [2.45, 2.75) is 112 Å². The van der Waals surface area contributed by atoms with E-state index in [4.69, 9.17) is 14.2 Å². The molecule has 2 N–H and O–H groups in total. The Balaban J connectivity index is 1.32. The molecule has 4 fully saturated rings. The van der Waals surface area contributed by atoms with Crippen LogP contribution < -0.4 is 10.6 Å². The molecule has 0 saturated carbocycles. The van der Waals surface area contributed by atoms with E-state index in [-0.39, 0.29) is 47.7 Å². The average Bonchev–Trinajstić information content (AvgIpc) is 3.45. The fourth-order valence-electron chi connectivity index (χ4n) is 7.92. The minimum atomic E-state index is -0.924. The largest absolute Gasteiger partial charge is 0.469 e. The number of esters is 3. The lowest BCUT2D eigenvalue weighted by Crippen LogP contribution is -2.58. The molecule has 0 radical (unpaired) electrons. The van der Waals surface area contributed by atoms with Crippen LogP contribution in [0.15, 0.2) is 30.3 Å². The van der Waals surface area contributed by atoms with Gasteiger partial charge in [0.25, 0.3) is 0 Å². The molecule has 0 aromatic heterocycles. The Bertz CT molecular complexity index is 1530. The molecule has 1 aromatic carbocycles. The molecule has 4 saturated heterocycles. The third kappa shape index (κ3) is 10.1. The summed E-state index contributed by atoms with van der Waals surface area (Å²) in [5, 5.41) is 5.49. The van der Waals surface area contributed by atoms with Crippen LogP contribution in [0.5, 0.6) is 0 Å². The van der Waals surface area contributed by atoms with Crippen molar-refractivity contribution in [2.24, 2.45) is 11.8 Å². The molecule has 54 heavy (non-hydrogen) atoms. The van der Waals surface area contributed by atoms with Crippen LogP contribution in [-0.4, -0.2) is 119 Å². The molecule has 1 aromatic rings. The maximum atomic E-state index is 14.1. The summed E-state index contributed by atoms with van der Waals surface area (Å²) in [7, 11) is 3.83. The monoisotopic (exact) mass is 788 g/mol. The zero-order valence-electron chi connectivity index (χ0n) is 31.2. The van der Waals surface area contributed by atoms with Crippen molar-refractivity contribution < 1.29 is 47.8 Å². The first kappa shape index (κ1) is 41.4. The Labute approximate surface area is 324 Å². The van der Waals surface area contributed by atoms with Crippen LogP contribution in [0.1, 0.15) is 76.2 Å². The van der Waals surface area contributed by atoms with E-state index in [9.17, 15) is 33.6 Å². The molecule has 16 heteroatoms. The fraction of sp³-hybridized carbons (Fsp3) is 0.658. The SMILES string of the molecule is COC(=O)CC(CCC(Cc1ccccc1)C(=O)NC1CCSC2CCCC(C(=O)OC)N2C1=O)C(=O)NC1CCSC2CCCC(C(=O)OC)N2C1=O. The van der Waals surface area contributed by atoms with E-state index in [0.29, 0.717) is 43.6 Å². The number of carbonyl (C=O) groups excluding carboxylic acids is 7. The molecule has 4 heterocycles. The predicted molar refractivity (Wildman–Crippen MR) is 202 cm³/mol. The van der Waals surface area contributed by atoms with Gasteiger partial charge in [0.15, 0.2) is 0 Å². The van der Waals surface area contributed by atoms with E-state index >= 15 is 0 Å². The minimum absolute atomic E-state index is 0.117. The van der Waals surface area contributed by atoms with E-state index in [1.165, 1.54) is 21.3 Å². The lowest BCUT2D eigenvalue weighted by Gasteiger charge is -2.40. The third-order valence-corrected chi connectivity index (χ3v) is 13.5. The Morgan fingerprint density at radius 2 is 1.17 bits per heavy atom. The second-order valence-electron chi connectivity index (χ2n) is 14.2. The first-order chi connectivity index (χ1) is 26.1. The molecular weight excluding hydrogens is 737 g/mol. The molecular formula is C38H52N4O10S2. The number of nitrogens with zero attached hydrogens (tertiary/aromatic N) is 2. The second-order valence-corrected chi connectivity index (χ2v) is 16.8. The van der Waals surface area contributed by atoms with Gasteiger partial charge in [-0.15, -0.1) is 23.5 Å². The summed E-state index contributed by atoms with van der Waals surface area (Å²) in [6, 6.07) is 6.20. The number of piperidine rings is 2. The molecule has 0 aliphatic carbocycles. The molecule has 4 amide bonds. The van der Waals surface area contributed by atoms with Crippen molar-refractivity contribution in [3.63, 3.8) is 0 Å². The van der Waals surface area contributed by atoms with Gasteiger partial charge in [0, 0.05) is 11.8 Å². The minimum Gasteiger partial charge on any atom is -0.469 e. The average molecular weight is 789 g/mol. The van der Waals surface area contributed by atoms with E-state index in [2.05, 4.69) is 10.6 Å². The molecule has 5 rings (SSSR count). The van der Waals surface area contributed by atoms with Gasteiger partial charge >= 0.3 is 17.9 Å². The van der Waals surface area contributed by atoms with E-state index in [1.807, 2.05) is 30.3 Å². The highest BCUT2D eigenvalue weighted by molar-refractivity contribution is 8.00. The standard InChI is InChI=1S/C38H52N4O10S2/c1-50-32(43)22-25(34(45)40-27-18-20-54-31-14-8-12-29(38(49)52-3)42(31)36(27)47)16-15-24(21-23-9-5-4-6-10-23)33(44)39-26-17-19-53-30-13-7-11-28(37(48)51-2)41(30)35(26)46/h4-6,9-10,24-31H,7-8,11-22H2,1-3H3,(H,39,44)(H,40,45). The van der Waals surface area contributed by atoms with Crippen LogP contribution in [-0.2, 0) is 54.2 Å². The predicted octanol–water partition coefficient (Wildman–Crippen LogP) is 2.81. The van der Waals surface area contributed by atoms with Crippen LogP contribution >= 0.6 is 23.5 Å². The summed E-state index contributed by atoms with van der Waals surface area (Å²) in [4.78, 5) is 97.0. The van der Waals surface area contributed by atoms with Crippen molar-refractivity contribution >= 4 is 65.1 Å². The van der Waals surface area contributed by atoms with E-state index < -0.39 is 59.8 Å². The topological polar surface area (TPSA) is 178 Å². The highest BCUT2D eigenvalue weighted by Gasteiger charge is 2.45. The fourth-order valence-corrected chi connectivity index (χ4v) is 10.7. The molecule has 0 spiro atoms. The van der Waals surface area contributed by atoms with Gasteiger partial charge in [-0.05, 0) is 87.7 Å². The summed E-state index contributed by atoms with van der Waals surface area (Å²) >= 11 is 3.18. The smallest absolute Gasteiger partial charge is 0.328 e. The number of fused-ring (bicyclic) bond motifs is 2. The summed E-state index contributed by atoms with van der Waals surface area (Å²) in [6.45, 7) is 0. The third-order valence-electron chi connectivity index (χ3n) is 10.8. The summed E-state index contributed by atoms with van der Waals surface area (Å²) < 4.78 is 15.0. The Morgan fingerprint density at radius 1 is 0.685 bits per heavy atom. The van der Waals surface area contributed by atoms with Crippen molar-refractivity contribution in [3.05, 3.63) is 35.9 Å². The number of hydrogen-bond acceptors (Lipinski definition) is 12. The van der Waals surface area contributed by atoms with Gasteiger partial charge in [-0.1, -0.05) is 30.3 Å². The lowest BCUT2D eigenvalue weighted by atomic mass is 9.88. The van der Waals surface area contributed by atoms with Gasteiger partial charge in [0.2, 0.25) is 23.6 Å². The zero-order chi connectivity index (χ0) is 38.8. The van der Waals surface area contributed by atoms with Gasteiger partial charge in [-0.2, -0.15) is 0 Å². The number of benzene rings is 1. The number of methoxy groups -OCH3 is 3. The van der Waals surface area contributed by atoms with E-state index in [1.54, 1.807) is 33.3 Å². The number of hydrogen-bond donors (Lipinski definition) is 2. The van der Waals surface area contributed by atoms with Crippen molar-refractivity contribution in [1.82, 2.24) is 20.4 Å². The van der Waals surface area contributed by atoms with Crippen molar-refractivity contribution in [3.8, 4) is 0 Å². The Hall–Kier alpha value is -3.79. The Kier molecular flexibility index (Phi) is 15.1.